The van der Waals surface area contributed by atoms with Crippen LogP contribution in [-0.2, 0) is 6.61 Å². The zero-order valence-corrected chi connectivity index (χ0v) is 16.0. The molecular weight excluding hydrogens is 374 g/mol. The van der Waals surface area contributed by atoms with Gasteiger partial charge in [0.15, 0.2) is 0 Å². The first-order chi connectivity index (χ1) is 13.6. The standard InChI is InChI=1S/C23H18ClNO3/c1-15-22(23(26)25-20-10-6-5-9-19(20)24)18-13-17(11-12-21(18)28-15)27-14-16-7-3-2-4-8-16/h2-13H,14H2,1H3,(H,25,26). The molecule has 0 fully saturated rings. The van der Waals surface area contributed by atoms with E-state index in [9.17, 15) is 4.79 Å². The number of benzene rings is 3. The average molecular weight is 392 g/mol. The lowest BCUT2D eigenvalue weighted by molar-refractivity contribution is 0.102. The lowest BCUT2D eigenvalue weighted by Gasteiger charge is -2.08. The maximum absolute atomic E-state index is 12.9. The molecule has 1 amide bonds. The van der Waals surface area contributed by atoms with Gasteiger partial charge in [0.2, 0.25) is 0 Å². The van der Waals surface area contributed by atoms with Crippen molar-refractivity contribution in [2.75, 3.05) is 5.32 Å². The fourth-order valence-corrected chi connectivity index (χ4v) is 3.24. The molecule has 1 aromatic heterocycles. The van der Waals surface area contributed by atoms with Crippen molar-refractivity contribution in [2.45, 2.75) is 13.5 Å². The number of para-hydroxylation sites is 1. The van der Waals surface area contributed by atoms with Gasteiger partial charge in [0, 0.05) is 5.39 Å². The van der Waals surface area contributed by atoms with Crippen molar-refractivity contribution < 1.29 is 13.9 Å². The summed E-state index contributed by atoms with van der Waals surface area (Å²) in [5, 5.41) is 4.03. The van der Waals surface area contributed by atoms with Crippen molar-refractivity contribution in [2.24, 2.45) is 0 Å². The first-order valence-corrected chi connectivity index (χ1v) is 9.25. The summed E-state index contributed by atoms with van der Waals surface area (Å²) < 4.78 is 11.6. The Bertz CT molecular complexity index is 1140. The Kier molecular flexibility index (Phi) is 5.04. The van der Waals surface area contributed by atoms with Gasteiger partial charge in [-0.05, 0) is 42.8 Å². The predicted octanol–water partition coefficient (Wildman–Crippen LogP) is 6.23. The van der Waals surface area contributed by atoms with E-state index >= 15 is 0 Å². The number of halogens is 1. The Morgan fingerprint density at radius 2 is 1.79 bits per heavy atom. The first-order valence-electron chi connectivity index (χ1n) is 8.87. The number of hydrogen-bond acceptors (Lipinski definition) is 3. The highest BCUT2D eigenvalue weighted by atomic mass is 35.5. The number of ether oxygens (including phenoxy) is 1. The number of nitrogens with one attached hydrogen (secondary N) is 1. The zero-order chi connectivity index (χ0) is 19.5. The van der Waals surface area contributed by atoms with E-state index in [2.05, 4.69) is 5.32 Å². The molecule has 0 spiro atoms. The van der Waals surface area contributed by atoms with E-state index < -0.39 is 0 Å². The molecule has 0 saturated carbocycles. The number of furan rings is 1. The molecule has 4 rings (SSSR count). The van der Waals surface area contributed by atoms with Crippen molar-refractivity contribution in [1.82, 2.24) is 0 Å². The Hall–Kier alpha value is -3.24. The van der Waals surface area contributed by atoms with Gasteiger partial charge in [0.25, 0.3) is 5.91 Å². The fourth-order valence-electron chi connectivity index (χ4n) is 3.06. The van der Waals surface area contributed by atoms with Crippen LogP contribution in [0.1, 0.15) is 21.7 Å². The van der Waals surface area contributed by atoms with Crippen LogP contribution in [0.15, 0.2) is 77.2 Å². The Morgan fingerprint density at radius 1 is 1.04 bits per heavy atom. The molecule has 0 atom stereocenters. The van der Waals surface area contributed by atoms with Crippen LogP contribution in [-0.4, -0.2) is 5.91 Å². The molecule has 0 bridgehead atoms. The van der Waals surface area contributed by atoms with Crippen molar-refractivity contribution in [3.63, 3.8) is 0 Å². The van der Waals surface area contributed by atoms with Crippen molar-refractivity contribution >= 4 is 34.2 Å². The summed E-state index contributed by atoms with van der Waals surface area (Å²) in [4.78, 5) is 12.9. The highest BCUT2D eigenvalue weighted by Gasteiger charge is 2.19. The van der Waals surface area contributed by atoms with Gasteiger partial charge in [0.1, 0.15) is 23.7 Å². The molecule has 1 N–H and O–H groups in total. The van der Waals surface area contributed by atoms with Crippen LogP contribution in [0.4, 0.5) is 5.69 Å². The fraction of sp³-hybridized carbons (Fsp3) is 0.0870. The highest BCUT2D eigenvalue weighted by Crippen LogP contribution is 2.31. The third kappa shape index (κ3) is 3.73. The predicted molar refractivity (Wildman–Crippen MR) is 111 cm³/mol. The van der Waals surface area contributed by atoms with Gasteiger partial charge in [-0.15, -0.1) is 0 Å². The zero-order valence-electron chi connectivity index (χ0n) is 15.2. The van der Waals surface area contributed by atoms with Crippen LogP contribution in [0.25, 0.3) is 11.0 Å². The maximum Gasteiger partial charge on any atom is 0.259 e. The second kappa shape index (κ2) is 7.79. The molecule has 28 heavy (non-hydrogen) atoms. The van der Waals surface area contributed by atoms with E-state index in [1.165, 1.54) is 0 Å². The van der Waals surface area contributed by atoms with Crippen LogP contribution in [0.5, 0.6) is 5.75 Å². The summed E-state index contributed by atoms with van der Waals surface area (Å²) in [7, 11) is 0. The molecule has 140 valence electrons. The minimum Gasteiger partial charge on any atom is -0.489 e. The van der Waals surface area contributed by atoms with E-state index in [-0.39, 0.29) is 5.91 Å². The molecule has 0 aliphatic carbocycles. The number of anilines is 1. The van der Waals surface area contributed by atoms with Gasteiger partial charge in [-0.3, -0.25) is 4.79 Å². The number of carbonyl (C=O) groups is 1. The van der Waals surface area contributed by atoms with Gasteiger partial charge < -0.3 is 14.5 Å². The van der Waals surface area contributed by atoms with E-state index in [0.29, 0.717) is 45.4 Å². The molecule has 1 heterocycles. The molecule has 0 aliphatic rings. The SMILES string of the molecule is Cc1oc2ccc(OCc3ccccc3)cc2c1C(=O)Nc1ccccc1Cl. The molecule has 0 aliphatic heterocycles. The summed E-state index contributed by atoms with van der Waals surface area (Å²) in [6.45, 7) is 2.22. The lowest BCUT2D eigenvalue weighted by Crippen LogP contribution is -2.12. The van der Waals surface area contributed by atoms with Gasteiger partial charge in [0.05, 0.1) is 16.3 Å². The quantitative estimate of drug-likeness (QED) is 0.439. The van der Waals surface area contributed by atoms with Gasteiger partial charge >= 0.3 is 0 Å². The minimum atomic E-state index is -0.274. The summed E-state index contributed by atoms with van der Waals surface area (Å²) >= 11 is 6.15. The van der Waals surface area contributed by atoms with E-state index in [1.54, 1.807) is 19.1 Å². The normalized spacial score (nSPS) is 10.8. The third-order valence-corrected chi connectivity index (χ3v) is 4.76. The Morgan fingerprint density at radius 3 is 2.57 bits per heavy atom. The van der Waals surface area contributed by atoms with Crippen LogP contribution in [0, 0.1) is 6.92 Å². The molecular formula is C23H18ClNO3. The van der Waals surface area contributed by atoms with Gasteiger partial charge in [-0.1, -0.05) is 54.1 Å². The van der Waals surface area contributed by atoms with E-state index in [4.69, 9.17) is 20.8 Å². The second-order valence-electron chi connectivity index (χ2n) is 6.40. The molecule has 4 aromatic rings. The number of rotatable bonds is 5. The minimum absolute atomic E-state index is 0.274. The van der Waals surface area contributed by atoms with Crippen LogP contribution in [0.2, 0.25) is 5.02 Å². The molecule has 3 aromatic carbocycles. The Balaban J connectivity index is 1.61. The summed E-state index contributed by atoms with van der Waals surface area (Å²) in [6, 6.07) is 22.5. The van der Waals surface area contributed by atoms with Crippen LogP contribution >= 0.6 is 11.6 Å². The summed E-state index contributed by atoms with van der Waals surface area (Å²) in [5.41, 5.74) is 2.73. The van der Waals surface area contributed by atoms with Crippen LogP contribution in [0.3, 0.4) is 0 Å². The van der Waals surface area contributed by atoms with E-state index in [0.717, 1.165) is 5.56 Å². The molecule has 5 heteroatoms. The maximum atomic E-state index is 12.9. The molecule has 0 saturated heterocycles. The third-order valence-electron chi connectivity index (χ3n) is 4.43. The number of amides is 1. The van der Waals surface area contributed by atoms with Crippen LogP contribution < -0.4 is 10.1 Å². The number of carbonyl (C=O) groups excluding carboxylic acids is 1. The topological polar surface area (TPSA) is 51.5 Å². The van der Waals surface area contributed by atoms with Gasteiger partial charge in [-0.2, -0.15) is 0 Å². The van der Waals surface area contributed by atoms with Gasteiger partial charge in [-0.25, -0.2) is 0 Å². The largest absolute Gasteiger partial charge is 0.489 e. The second-order valence-corrected chi connectivity index (χ2v) is 6.81. The first kappa shape index (κ1) is 18.1. The summed E-state index contributed by atoms with van der Waals surface area (Å²) in [5.74, 6) is 0.938. The molecule has 0 unspecified atom stereocenters. The monoisotopic (exact) mass is 391 g/mol. The molecule has 0 radical (unpaired) electrons. The summed E-state index contributed by atoms with van der Waals surface area (Å²) in [6.07, 6.45) is 0. The number of hydrogen-bond donors (Lipinski definition) is 1. The Labute approximate surface area is 167 Å². The average Bonchev–Trinajstić information content (AvgIpc) is 3.04. The number of aryl methyl sites for hydroxylation is 1. The van der Waals surface area contributed by atoms with Crippen molar-refractivity contribution in [3.05, 3.63) is 94.7 Å². The van der Waals surface area contributed by atoms with Crippen molar-refractivity contribution in [1.29, 1.82) is 0 Å². The lowest BCUT2D eigenvalue weighted by atomic mass is 10.1. The smallest absolute Gasteiger partial charge is 0.259 e. The highest BCUT2D eigenvalue weighted by molar-refractivity contribution is 6.34. The van der Waals surface area contributed by atoms with E-state index in [1.807, 2.05) is 60.7 Å². The van der Waals surface area contributed by atoms with Crippen molar-refractivity contribution in [3.8, 4) is 5.75 Å². The number of fused-ring (bicyclic) bond motifs is 1. The molecule has 4 nitrogen and oxygen atoms in total.